The highest BCUT2D eigenvalue weighted by Crippen LogP contribution is 2.51. The van der Waals surface area contributed by atoms with Crippen LogP contribution in [0.5, 0.6) is 0 Å². The quantitative estimate of drug-likeness (QED) is 0.470. The highest BCUT2D eigenvalue weighted by atomic mass is 31.1. The molecule has 0 aromatic carbocycles. The summed E-state index contributed by atoms with van der Waals surface area (Å²) >= 11 is 0. The molecule has 2 aliphatic carbocycles. The average Bonchev–Trinajstić information content (AvgIpc) is 2.30. The van der Waals surface area contributed by atoms with Crippen molar-refractivity contribution in [1.29, 1.82) is 0 Å². The zero-order valence-electron chi connectivity index (χ0n) is 9.25. The van der Waals surface area contributed by atoms with Crippen LogP contribution in [0.15, 0.2) is 0 Å². The van der Waals surface area contributed by atoms with Gasteiger partial charge >= 0.3 is 0 Å². The minimum Gasteiger partial charge on any atom is -0.579 e. The fourth-order valence-electron chi connectivity index (χ4n) is 3.06. The van der Waals surface area contributed by atoms with Gasteiger partial charge in [-0.15, -0.1) is 0 Å². The third-order valence-electron chi connectivity index (χ3n) is 3.99. The second-order valence-electron chi connectivity index (χ2n) is 5.03. The minimum atomic E-state index is -0.117. The van der Waals surface area contributed by atoms with Crippen molar-refractivity contribution in [3.63, 3.8) is 0 Å². The summed E-state index contributed by atoms with van der Waals surface area (Å²) in [6.07, 6.45) is 14.5. The smallest absolute Gasteiger partial charge is 0.0499 e. The van der Waals surface area contributed by atoms with Gasteiger partial charge in [-0.05, 0) is 25.7 Å². The van der Waals surface area contributed by atoms with Gasteiger partial charge in [0.05, 0.1) is 0 Å². The van der Waals surface area contributed by atoms with Crippen molar-refractivity contribution in [3.8, 4) is 0 Å². The molecule has 0 aromatic heterocycles. The maximum absolute atomic E-state index is 6.49. The molecular weight excluding hydrogens is 186 g/mol. The standard InChI is InChI=1S/C12H22BP/c13-14(11-7-3-1-4-8-11)12-9-5-2-6-10-12/h11-12H,1-10H2/q-1. The van der Waals surface area contributed by atoms with Crippen molar-refractivity contribution < 1.29 is 0 Å². The Bertz CT molecular complexity index is 142. The molecule has 0 N–H and O–H groups in total. The molecule has 0 nitrogen and oxygen atoms in total. The van der Waals surface area contributed by atoms with Crippen LogP contribution in [0.4, 0.5) is 0 Å². The molecular formula is C12H22BP-. The van der Waals surface area contributed by atoms with Crippen LogP contribution in [0.25, 0.3) is 0 Å². The maximum Gasteiger partial charge on any atom is -0.0499 e. The molecule has 2 heteroatoms. The molecule has 0 aromatic rings. The first-order valence-electron chi connectivity index (χ1n) is 6.41. The van der Waals surface area contributed by atoms with E-state index in [4.69, 9.17) is 7.57 Å². The van der Waals surface area contributed by atoms with Crippen LogP contribution < -0.4 is 0 Å². The zero-order valence-corrected chi connectivity index (χ0v) is 10.1. The van der Waals surface area contributed by atoms with Crippen molar-refractivity contribution in [1.82, 2.24) is 0 Å². The summed E-state index contributed by atoms with van der Waals surface area (Å²) in [6.45, 7) is 0. The van der Waals surface area contributed by atoms with E-state index >= 15 is 0 Å². The largest absolute Gasteiger partial charge is 0.579 e. The number of hydrogen-bond acceptors (Lipinski definition) is 0. The van der Waals surface area contributed by atoms with Crippen LogP contribution >= 0.6 is 7.80 Å². The Morgan fingerprint density at radius 2 is 1.00 bits per heavy atom. The predicted molar refractivity (Wildman–Crippen MR) is 66.4 cm³/mol. The molecule has 2 aliphatic rings. The first-order valence-corrected chi connectivity index (χ1v) is 7.96. The van der Waals surface area contributed by atoms with Crippen LogP contribution in [-0.2, 0) is 0 Å². The van der Waals surface area contributed by atoms with Gasteiger partial charge < -0.3 is 15.4 Å². The lowest BCUT2D eigenvalue weighted by Crippen LogP contribution is -2.20. The topological polar surface area (TPSA) is 0 Å². The zero-order chi connectivity index (χ0) is 9.80. The summed E-state index contributed by atoms with van der Waals surface area (Å²) < 4.78 is 0. The van der Waals surface area contributed by atoms with Crippen LogP contribution in [0, 0.1) is 0 Å². The fourth-order valence-corrected chi connectivity index (χ4v) is 5.58. The highest BCUT2D eigenvalue weighted by molar-refractivity contribution is 7.83. The van der Waals surface area contributed by atoms with Gasteiger partial charge in [0.2, 0.25) is 0 Å². The monoisotopic (exact) mass is 208 g/mol. The van der Waals surface area contributed by atoms with E-state index in [-0.39, 0.29) is 7.80 Å². The molecule has 0 saturated heterocycles. The van der Waals surface area contributed by atoms with Crippen LogP contribution in [0.2, 0.25) is 0 Å². The maximum atomic E-state index is 6.49. The summed E-state index contributed by atoms with van der Waals surface area (Å²) in [6, 6.07) is 0. The van der Waals surface area contributed by atoms with Crippen LogP contribution in [-0.4, -0.2) is 18.9 Å². The predicted octanol–water partition coefficient (Wildman–Crippen LogP) is 4.22. The Labute approximate surface area is 91.4 Å². The third kappa shape index (κ3) is 2.75. The molecule has 0 unspecified atom stereocenters. The summed E-state index contributed by atoms with van der Waals surface area (Å²) in [7, 11) is 6.37. The van der Waals surface area contributed by atoms with Gasteiger partial charge in [0.15, 0.2) is 0 Å². The fraction of sp³-hybridized carbons (Fsp3) is 1.00. The summed E-state index contributed by atoms with van der Waals surface area (Å²) in [5.74, 6) is 0. The second-order valence-corrected chi connectivity index (χ2v) is 7.39. The van der Waals surface area contributed by atoms with Crippen molar-refractivity contribution in [3.05, 3.63) is 0 Å². The van der Waals surface area contributed by atoms with E-state index in [1.807, 2.05) is 0 Å². The van der Waals surface area contributed by atoms with Gasteiger partial charge in [-0.25, -0.2) is 0 Å². The van der Waals surface area contributed by atoms with E-state index in [0.29, 0.717) is 0 Å². The van der Waals surface area contributed by atoms with Crippen molar-refractivity contribution in [2.45, 2.75) is 75.5 Å². The highest BCUT2D eigenvalue weighted by Gasteiger charge is 2.19. The molecule has 3 radical (unpaired) electrons. The molecule has 2 saturated carbocycles. The van der Waals surface area contributed by atoms with Crippen LogP contribution in [0.3, 0.4) is 0 Å². The first-order chi connectivity index (χ1) is 6.88. The van der Waals surface area contributed by atoms with E-state index in [2.05, 4.69) is 0 Å². The summed E-state index contributed by atoms with van der Waals surface area (Å²) in [4.78, 5) is 0. The Morgan fingerprint density at radius 1 is 0.643 bits per heavy atom. The number of hydrogen-bond donors (Lipinski definition) is 0. The molecule has 2 rings (SSSR count). The molecule has 0 spiro atoms. The van der Waals surface area contributed by atoms with E-state index < -0.39 is 0 Å². The van der Waals surface area contributed by atoms with E-state index in [9.17, 15) is 0 Å². The number of rotatable bonds is 2. The lowest BCUT2D eigenvalue weighted by atomic mass is 9.99. The Balaban J connectivity index is 1.82. The molecule has 14 heavy (non-hydrogen) atoms. The van der Waals surface area contributed by atoms with Gasteiger partial charge in [-0.1, -0.05) is 49.8 Å². The molecule has 79 valence electrons. The van der Waals surface area contributed by atoms with Gasteiger partial charge in [0, 0.05) is 0 Å². The van der Waals surface area contributed by atoms with Gasteiger partial charge in [-0.2, -0.15) is 0 Å². The minimum absolute atomic E-state index is 0.117. The molecule has 0 heterocycles. The van der Waals surface area contributed by atoms with Gasteiger partial charge in [0.25, 0.3) is 0 Å². The van der Waals surface area contributed by atoms with Gasteiger partial charge in [0.1, 0.15) is 0 Å². The van der Waals surface area contributed by atoms with Crippen molar-refractivity contribution in [2.24, 2.45) is 0 Å². The van der Waals surface area contributed by atoms with E-state index in [1.54, 1.807) is 0 Å². The summed E-state index contributed by atoms with van der Waals surface area (Å²) in [5, 5.41) is 0. The molecule has 0 amide bonds. The van der Waals surface area contributed by atoms with E-state index in [1.165, 1.54) is 64.2 Å². The Hall–Kier alpha value is 0.495. The molecule has 0 bridgehead atoms. The molecule has 2 fully saturated rings. The lowest BCUT2D eigenvalue weighted by Gasteiger charge is -2.47. The summed E-state index contributed by atoms with van der Waals surface area (Å²) in [5.41, 5.74) is 1.86. The first kappa shape index (κ1) is 11.0. The van der Waals surface area contributed by atoms with Crippen molar-refractivity contribution >= 4 is 15.4 Å². The second kappa shape index (κ2) is 5.54. The third-order valence-corrected chi connectivity index (χ3v) is 6.71. The Kier molecular flexibility index (Phi) is 4.35. The average molecular weight is 208 g/mol. The van der Waals surface area contributed by atoms with Crippen LogP contribution in [0.1, 0.15) is 64.2 Å². The lowest BCUT2D eigenvalue weighted by molar-refractivity contribution is 0.488. The van der Waals surface area contributed by atoms with Gasteiger partial charge in [-0.3, -0.25) is 0 Å². The Morgan fingerprint density at radius 3 is 1.36 bits per heavy atom. The van der Waals surface area contributed by atoms with E-state index in [0.717, 1.165) is 11.3 Å². The molecule has 0 atom stereocenters. The normalized spacial score (nSPS) is 27.0. The SMILES string of the molecule is [B-]P(C1CCCCC1)C1CCCCC1. The van der Waals surface area contributed by atoms with Crippen molar-refractivity contribution in [2.75, 3.05) is 0 Å². The molecule has 0 aliphatic heterocycles.